The first-order chi connectivity index (χ1) is 5.51. The summed E-state index contributed by atoms with van der Waals surface area (Å²) < 4.78 is 0. The van der Waals surface area contributed by atoms with Crippen LogP contribution in [0.5, 0.6) is 0 Å². The minimum atomic E-state index is -0.458. The predicted octanol–water partition coefficient (Wildman–Crippen LogP) is 0.892. The molecule has 1 aliphatic rings. The second-order valence-corrected chi connectivity index (χ2v) is 3.76. The van der Waals surface area contributed by atoms with Crippen molar-refractivity contribution in [1.82, 2.24) is 10.2 Å². The van der Waals surface area contributed by atoms with E-state index in [-0.39, 0.29) is 5.91 Å². The van der Waals surface area contributed by atoms with Gasteiger partial charge >= 0.3 is 0 Å². The normalized spacial score (nSPS) is 29.4. The third kappa shape index (κ3) is 1.31. The molecule has 0 aromatic heterocycles. The molecule has 0 aromatic carbocycles. The third-order valence-corrected chi connectivity index (χ3v) is 2.59. The summed E-state index contributed by atoms with van der Waals surface area (Å²) in [6, 6.07) is 0. The van der Waals surface area contributed by atoms with Crippen LogP contribution >= 0.6 is 12.2 Å². The van der Waals surface area contributed by atoms with Crippen LogP contribution in [-0.4, -0.2) is 28.5 Å². The maximum absolute atomic E-state index is 11.6. The minimum Gasteiger partial charge on any atom is -0.348 e. The number of likely N-dealkylation sites (N-methyl/N-ethyl adjacent to an activating group) is 1. The molecule has 0 radical (unpaired) electrons. The number of amides is 1. The first-order valence-corrected chi connectivity index (χ1v) is 4.52. The van der Waals surface area contributed by atoms with E-state index < -0.39 is 5.54 Å². The Balaban J connectivity index is 2.82. The van der Waals surface area contributed by atoms with E-state index in [1.54, 1.807) is 7.05 Å². The van der Waals surface area contributed by atoms with Gasteiger partial charge in [0.25, 0.3) is 5.91 Å². The van der Waals surface area contributed by atoms with Gasteiger partial charge in [0.15, 0.2) is 5.11 Å². The van der Waals surface area contributed by atoms with Gasteiger partial charge in [0.2, 0.25) is 0 Å². The molecule has 0 saturated carbocycles. The van der Waals surface area contributed by atoms with Crippen LogP contribution in [0.4, 0.5) is 0 Å². The summed E-state index contributed by atoms with van der Waals surface area (Å²) in [5.41, 5.74) is -0.458. The summed E-state index contributed by atoms with van der Waals surface area (Å²) in [5.74, 6) is 0.0781. The number of nitrogens with zero attached hydrogens (tertiary/aromatic N) is 1. The number of carbonyl (C=O) groups excluding carboxylic acids is 1. The number of hydrogen-bond acceptors (Lipinski definition) is 2. The Morgan fingerprint density at radius 1 is 1.67 bits per heavy atom. The maximum Gasteiger partial charge on any atom is 0.253 e. The fourth-order valence-corrected chi connectivity index (χ4v) is 1.81. The molecule has 0 spiro atoms. The van der Waals surface area contributed by atoms with Crippen molar-refractivity contribution in [1.29, 1.82) is 0 Å². The van der Waals surface area contributed by atoms with E-state index >= 15 is 0 Å². The smallest absolute Gasteiger partial charge is 0.253 e. The summed E-state index contributed by atoms with van der Waals surface area (Å²) in [7, 11) is 1.71. The average molecular weight is 186 g/mol. The van der Waals surface area contributed by atoms with E-state index in [1.807, 2.05) is 6.92 Å². The molecule has 0 aliphatic carbocycles. The lowest BCUT2D eigenvalue weighted by Crippen LogP contribution is -2.43. The van der Waals surface area contributed by atoms with Crippen molar-refractivity contribution >= 4 is 23.2 Å². The standard InChI is InChI=1S/C8H14N2OS/c1-4-5-8(2)6(11)10(3)7(12)9-8/h4-5H2,1-3H3,(H,9,12). The summed E-state index contributed by atoms with van der Waals surface area (Å²) in [6.45, 7) is 3.95. The van der Waals surface area contributed by atoms with Gasteiger partial charge in [-0.1, -0.05) is 13.3 Å². The molecule has 0 aromatic rings. The van der Waals surface area contributed by atoms with Crippen LogP contribution in [-0.2, 0) is 4.79 Å². The molecule has 1 saturated heterocycles. The van der Waals surface area contributed by atoms with Crippen LogP contribution in [0.3, 0.4) is 0 Å². The van der Waals surface area contributed by atoms with Gasteiger partial charge in [-0.05, 0) is 25.6 Å². The van der Waals surface area contributed by atoms with Gasteiger partial charge in [0, 0.05) is 7.05 Å². The van der Waals surface area contributed by atoms with E-state index in [9.17, 15) is 4.79 Å². The molecule has 4 heteroatoms. The molecule has 1 atom stereocenters. The monoisotopic (exact) mass is 186 g/mol. The fraction of sp³-hybridized carbons (Fsp3) is 0.750. The Bertz CT molecular complexity index is 229. The van der Waals surface area contributed by atoms with E-state index in [0.717, 1.165) is 12.8 Å². The van der Waals surface area contributed by atoms with Crippen molar-refractivity contribution in [3.05, 3.63) is 0 Å². The largest absolute Gasteiger partial charge is 0.348 e. The molecular weight excluding hydrogens is 172 g/mol. The zero-order chi connectivity index (χ0) is 9.35. The second-order valence-electron chi connectivity index (χ2n) is 3.38. The summed E-state index contributed by atoms with van der Waals surface area (Å²) in [5, 5.41) is 3.58. The number of carbonyl (C=O) groups is 1. The van der Waals surface area contributed by atoms with Gasteiger partial charge < -0.3 is 5.32 Å². The average Bonchev–Trinajstić information content (AvgIpc) is 2.17. The number of rotatable bonds is 2. The van der Waals surface area contributed by atoms with Crippen LogP contribution in [0.2, 0.25) is 0 Å². The predicted molar refractivity (Wildman–Crippen MR) is 51.8 cm³/mol. The van der Waals surface area contributed by atoms with Gasteiger partial charge in [0.1, 0.15) is 5.54 Å². The number of thiocarbonyl (C=S) groups is 1. The second kappa shape index (κ2) is 3.01. The number of nitrogens with one attached hydrogen (secondary N) is 1. The molecule has 1 heterocycles. The Hall–Kier alpha value is -0.640. The first-order valence-electron chi connectivity index (χ1n) is 4.11. The van der Waals surface area contributed by atoms with Crippen LogP contribution in [0.15, 0.2) is 0 Å². The van der Waals surface area contributed by atoms with Crippen LogP contribution in [0, 0.1) is 0 Å². The highest BCUT2D eigenvalue weighted by Gasteiger charge is 2.42. The molecule has 1 N–H and O–H groups in total. The molecule has 68 valence electrons. The van der Waals surface area contributed by atoms with E-state index in [4.69, 9.17) is 12.2 Å². The third-order valence-electron chi connectivity index (χ3n) is 2.21. The zero-order valence-corrected chi connectivity index (χ0v) is 8.49. The van der Waals surface area contributed by atoms with E-state index in [0.29, 0.717) is 5.11 Å². The molecule has 0 bridgehead atoms. The molecule has 3 nitrogen and oxygen atoms in total. The topological polar surface area (TPSA) is 32.3 Å². The van der Waals surface area contributed by atoms with Crippen LogP contribution < -0.4 is 5.32 Å². The van der Waals surface area contributed by atoms with Gasteiger partial charge in [-0.15, -0.1) is 0 Å². The quantitative estimate of drug-likeness (QED) is 0.650. The summed E-state index contributed by atoms with van der Waals surface area (Å²) in [6.07, 6.45) is 1.81. The highest BCUT2D eigenvalue weighted by atomic mass is 32.1. The SMILES string of the molecule is CCCC1(C)NC(=S)N(C)C1=O. The minimum absolute atomic E-state index is 0.0781. The van der Waals surface area contributed by atoms with Gasteiger partial charge in [0.05, 0.1) is 0 Å². The molecular formula is C8H14N2OS. The van der Waals surface area contributed by atoms with Crippen molar-refractivity contribution in [2.45, 2.75) is 32.2 Å². The molecule has 1 fully saturated rings. The molecule has 1 unspecified atom stereocenters. The van der Waals surface area contributed by atoms with Crippen molar-refractivity contribution in [3.63, 3.8) is 0 Å². The van der Waals surface area contributed by atoms with Gasteiger partial charge in [-0.25, -0.2) is 0 Å². The van der Waals surface area contributed by atoms with Crippen molar-refractivity contribution in [3.8, 4) is 0 Å². The van der Waals surface area contributed by atoms with E-state index in [1.165, 1.54) is 4.90 Å². The molecule has 1 amide bonds. The molecule has 1 rings (SSSR count). The van der Waals surface area contributed by atoms with Crippen LogP contribution in [0.1, 0.15) is 26.7 Å². The molecule has 12 heavy (non-hydrogen) atoms. The van der Waals surface area contributed by atoms with Crippen molar-refractivity contribution in [2.75, 3.05) is 7.05 Å². The Kier molecular flexibility index (Phi) is 2.37. The number of hydrogen-bond donors (Lipinski definition) is 1. The summed E-state index contributed by atoms with van der Waals surface area (Å²) in [4.78, 5) is 13.1. The lowest BCUT2D eigenvalue weighted by atomic mass is 9.97. The van der Waals surface area contributed by atoms with Crippen molar-refractivity contribution < 1.29 is 4.79 Å². The first kappa shape index (κ1) is 9.45. The Morgan fingerprint density at radius 2 is 2.25 bits per heavy atom. The van der Waals surface area contributed by atoms with Gasteiger partial charge in [-0.2, -0.15) is 0 Å². The Morgan fingerprint density at radius 3 is 2.58 bits per heavy atom. The lowest BCUT2D eigenvalue weighted by Gasteiger charge is -2.20. The van der Waals surface area contributed by atoms with Crippen LogP contribution in [0.25, 0.3) is 0 Å². The highest BCUT2D eigenvalue weighted by Crippen LogP contribution is 2.21. The fourth-order valence-electron chi connectivity index (χ4n) is 1.51. The lowest BCUT2D eigenvalue weighted by molar-refractivity contribution is -0.129. The highest BCUT2D eigenvalue weighted by molar-refractivity contribution is 7.80. The zero-order valence-electron chi connectivity index (χ0n) is 7.68. The van der Waals surface area contributed by atoms with Crippen molar-refractivity contribution in [2.24, 2.45) is 0 Å². The Labute approximate surface area is 78.1 Å². The van der Waals surface area contributed by atoms with E-state index in [2.05, 4.69) is 12.2 Å². The summed E-state index contributed by atoms with van der Waals surface area (Å²) >= 11 is 4.98. The maximum atomic E-state index is 11.6. The van der Waals surface area contributed by atoms with Gasteiger partial charge in [-0.3, -0.25) is 9.69 Å². The molecule has 1 aliphatic heterocycles.